The lowest BCUT2D eigenvalue weighted by atomic mass is 10.1. The maximum Gasteiger partial charge on any atom is 0.191 e. The van der Waals surface area contributed by atoms with Gasteiger partial charge in [0, 0.05) is 23.4 Å². The lowest BCUT2D eigenvalue weighted by Crippen LogP contribution is -2.09. The molecule has 0 bridgehead atoms. The molecule has 0 spiro atoms. The highest BCUT2D eigenvalue weighted by molar-refractivity contribution is 7.08. The van der Waals surface area contributed by atoms with Gasteiger partial charge in [-0.1, -0.05) is 18.2 Å². The maximum absolute atomic E-state index is 12.3. The Kier molecular flexibility index (Phi) is 3.20. The van der Waals surface area contributed by atoms with Crippen molar-refractivity contribution in [1.82, 2.24) is 9.78 Å². The molecule has 0 saturated carbocycles. The second-order valence-electron chi connectivity index (χ2n) is 4.52. The quantitative estimate of drug-likeness (QED) is 0.546. The second-order valence-corrected chi connectivity index (χ2v) is 5.30. The molecule has 20 heavy (non-hydrogen) atoms. The van der Waals surface area contributed by atoms with E-state index in [2.05, 4.69) is 5.10 Å². The van der Waals surface area contributed by atoms with Gasteiger partial charge in [0.25, 0.3) is 0 Å². The van der Waals surface area contributed by atoms with Crippen molar-refractivity contribution in [1.29, 1.82) is 0 Å². The van der Waals surface area contributed by atoms with Gasteiger partial charge in [-0.2, -0.15) is 16.4 Å². The van der Waals surface area contributed by atoms with E-state index in [4.69, 9.17) is 0 Å². The van der Waals surface area contributed by atoms with Gasteiger partial charge in [0.1, 0.15) is 5.69 Å². The molecule has 1 aromatic carbocycles. The zero-order valence-electron chi connectivity index (χ0n) is 10.9. The lowest BCUT2D eigenvalue weighted by Gasteiger charge is -1.96. The summed E-state index contributed by atoms with van der Waals surface area (Å²) in [6, 6.07) is 9.25. The van der Waals surface area contributed by atoms with Crippen molar-refractivity contribution < 1.29 is 9.59 Å². The molecule has 2 heterocycles. The Balaban J connectivity index is 1.92. The van der Waals surface area contributed by atoms with E-state index in [0.29, 0.717) is 11.3 Å². The number of ketones is 2. The highest BCUT2D eigenvalue weighted by Crippen LogP contribution is 2.19. The number of nitrogens with zero attached hydrogens (tertiary/aromatic N) is 2. The molecule has 2 aromatic heterocycles. The van der Waals surface area contributed by atoms with E-state index in [-0.39, 0.29) is 18.0 Å². The first-order valence-electron chi connectivity index (χ1n) is 6.17. The van der Waals surface area contributed by atoms with Gasteiger partial charge in [-0.25, -0.2) is 0 Å². The number of para-hydroxylation sites is 1. The van der Waals surface area contributed by atoms with E-state index < -0.39 is 0 Å². The molecule has 3 rings (SSSR count). The van der Waals surface area contributed by atoms with Crippen LogP contribution in [0.25, 0.3) is 10.9 Å². The van der Waals surface area contributed by atoms with E-state index in [0.717, 1.165) is 10.9 Å². The minimum absolute atomic E-state index is 0.141. The van der Waals surface area contributed by atoms with Crippen LogP contribution in [0.15, 0.2) is 41.1 Å². The number of hydrogen-bond acceptors (Lipinski definition) is 4. The Bertz CT molecular complexity index is 787. The van der Waals surface area contributed by atoms with Crippen LogP contribution in [-0.4, -0.2) is 21.3 Å². The number of benzene rings is 1. The van der Waals surface area contributed by atoms with Gasteiger partial charge in [-0.05, 0) is 17.5 Å². The molecule has 0 saturated heterocycles. The summed E-state index contributed by atoms with van der Waals surface area (Å²) in [4.78, 5) is 24.3. The van der Waals surface area contributed by atoms with Crippen molar-refractivity contribution in [2.45, 2.75) is 6.42 Å². The summed E-state index contributed by atoms with van der Waals surface area (Å²) in [5.41, 5.74) is 1.84. The van der Waals surface area contributed by atoms with Gasteiger partial charge in [-0.15, -0.1) is 0 Å². The number of thiophene rings is 1. The fourth-order valence-corrected chi connectivity index (χ4v) is 2.83. The van der Waals surface area contributed by atoms with Crippen LogP contribution in [0, 0.1) is 0 Å². The fraction of sp³-hybridized carbons (Fsp3) is 0.133. The first-order chi connectivity index (χ1) is 9.66. The average molecular weight is 284 g/mol. The molecule has 0 aliphatic carbocycles. The first-order valence-corrected chi connectivity index (χ1v) is 7.11. The Labute approximate surface area is 119 Å². The van der Waals surface area contributed by atoms with Gasteiger partial charge in [0.15, 0.2) is 11.6 Å². The molecule has 0 atom stereocenters. The van der Waals surface area contributed by atoms with Crippen molar-refractivity contribution in [3.63, 3.8) is 0 Å². The van der Waals surface area contributed by atoms with E-state index in [1.54, 1.807) is 23.2 Å². The van der Waals surface area contributed by atoms with Crippen molar-refractivity contribution >= 4 is 33.8 Å². The van der Waals surface area contributed by atoms with Gasteiger partial charge >= 0.3 is 0 Å². The van der Waals surface area contributed by atoms with Gasteiger partial charge < -0.3 is 0 Å². The number of carbonyl (C=O) groups is 2. The molecule has 0 N–H and O–H groups in total. The Morgan fingerprint density at radius 2 is 2.00 bits per heavy atom. The predicted molar refractivity (Wildman–Crippen MR) is 78.3 cm³/mol. The SMILES string of the molecule is Cn1nc(C(=O)CC(=O)c2ccsc2)c2ccccc21. The third kappa shape index (κ3) is 2.16. The minimum Gasteiger partial charge on any atom is -0.294 e. The standard InChI is InChI=1S/C15H12N2O2S/c1-17-12-5-3-2-4-11(12)15(16-17)14(19)8-13(18)10-6-7-20-9-10/h2-7,9H,8H2,1H3. The minimum atomic E-state index is -0.238. The van der Waals surface area contributed by atoms with Crippen molar-refractivity contribution in [3.05, 3.63) is 52.3 Å². The average Bonchev–Trinajstić information content (AvgIpc) is 3.07. The largest absolute Gasteiger partial charge is 0.294 e. The number of hydrogen-bond donors (Lipinski definition) is 0. The predicted octanol–water partition coefficient (Wildman–Crippen LogP) is 3.09. The van der Waals surface area contributed by atoms with Gasteiger partial charge in [0.2, 0.25) is 0 Å². The maximum atomic E-state index is 12.3. The number of fused-ring (bicyclic) bond motifs is 1. The van der Waals surface area contributed by atoms with Crippen LogP contribution in [-0.2, 0) is 7.05 Å². The van der Waals surface area contributed by atoms with E-state index in [9.17, 15) is 9.59 Å². The van der Waals surface area contributed by atoms with Crippen LogP contribution < -0.4 is 0 Å². The molecular weight excluding hydrogens is 272 g/mol. The molecule has 100 valence electrons. The zero-order valence-corrected chi connectivity index (χ0v) is 11.7. The summed E-state index contributed by atoms with van der Waals surface area (Å²) in [6.45, 7) is 0. The number of rotatable bonds is 4. The van der Waals surface area contributed by atoms with Crippen LogP contribution in [0.1, 0.15) is 27.3 Å². The number of Topliss-reactive ketones (excluding diaryl/α,β-unsaturated/α-hetero) is 2. The normalized spacial score (nSPS) is 10.8. The zero-order chi connectivity index (χ0) is 14.1. The third-order valence-corrected chi connectivity index (χ3v) is 3.87. The highest BCUT2D eigenvalue weighted by atomic mass is 32.1. The summed E-state index contributed by atoms with van der Waals surface area (Å²) in [6.07, 6.45) is -0.141. The molecular formula is C15H12N2O2S. The van der Waals surface area contributed by atoms with Crippen LogP contribution in [0.4, 0.5) is 0 Å². The third-order valence-electron chi connectivity index (χ3n) is 3.19. The summed E-state index contributed by atoms with van der Waals surface area (Å²) in [5, 5.41) is 8.61. The number of aromatic nitrogens is 2. The molecule has 0 aliphatic rings. The van der Waals surface area contributed by atoms with Gasteiger partial charge in [0.05, 0.1) is 11.9 Å². The molecule has 0 amide bonds. The Morgan fingerprint density at radius 3 is 2.75 bits per heavy atom. The van der Waals surface area contributed by atoms with Crippen molar-refractivity contribution in [3.8, 4) is 0 Å². The smallest absolute Gasteiger partial charge is 0.191 e. The summed E-state index contributed by atoms with van der Waals surface area (Å²) < 4.78 is 1.66. The van der Waals surface area contributed by atoms with Crippen LogP contribution in [0.5, 0.6) is 0 Å². The van der Waals surface area contributed by atoms with E-state index in [1.165, 1.54) is 11.3 Å². The van der Waals surface area contributed by atoms with Crippen molar-refractivity contribution in [2.75, 3.05) is 0 Å². The number of carbonyl (C=O) groups excluding carboxylic acids is 2. The van der Waals surface area contributed by atoms with Gasteiger partial charge in [-0.3, -0.25) is 14.3 Å². The van der Waals surface area contributed by atoms with Crippen LogP contribution >= 0.6 is 11.3 Å². The Hall–Kier alpha value is -2.27. The van der Waals surface area contributed by atoms with E-state index in [1.807, 2.05) is 29.6 Å². The molecule has 0 fully saturated rings. The van der Waals surface area contributed by atoms with Crippen LogP contribution in [0.3, 0.4) is 0 Å². The number of aryl methyl sites for hydroxylation is 1. The van der Waals surface area contributed by atoms with Crippen molar-refractivity contribution in [2.24, 2.45) is 7.05 Å². The summed E-state index contributed by atoms with van der Waals surface area (Å²) >= 11 is 1.45. The van der Waals surface area contributed by atoms with Crippen LogP contribution in [0.2, 0.25) is 0 Å². The first kappa shape index (κ1) is 12.7. The summed E-state index contributed by atoms with van der Waals surface area (Å²) in [5.74, 6) is -0.399. The summed E-state index contributed by atoms with van der Waals surface area (Å²) in [7, 11) is 1.79. The molecule has 5 heteroatoms. The topological polar surface area (TPSA) is 52.0 Å². The molecule has 0 radical (unpaired) electrons. The monoisotopic (exact) mass is 284 g/mol. The highest BCUT2D eigenvalue weighted by Gasteiger charge is 2.19. The fourth-order valence-electron chi connectivity index (χ4n) is 2.17. The molecule has 0 unspecified atom stereocenters. The lowest BCUT2D eigenvalue weighted by molar-refractivity contribution is 0.0892. The molecule has 4 nitrogen and oxygen atoms in total. The van der Waals surface area contributed by atoms with E-state index >= 15 is 0 Å². The Morgan fingerprint density at radius 1 is 1.20 bits per heavy atom. The molecule has 3 aromatic rings. The molecule has 0 aliphatic heterocycles. The second kappa shape index (κ2) is 5.02.